The molecule has 0 aliphatic carbocycles. The molecule has 0 aliphatic heterocycles. The highest BCUT2D eigenvalue weighted by Gasteiger charge is 2.26. The maximum Gasteiger partial charge on any atom is 0.269 e. The number of fused-ring (bicyclic) bond motifs is 1. The number of amides is 1. The van der Waals surface area contributed by atoms with E-state index in [4.69, 9.17) is 16.2 Å². The third-order valence-electron chi connectivity index (χ3n) is 6.04. The zero-order valence-electron chi connectivity index (χ0n) is 20.0. The molecule has 5 aromatic rings. The lowest BCUT2D eigenvalue weighted by atomic mass is 9.94. The minimum Gasteiger partial charge on any atom is -0.473 e. The summed E-state index contributed by atoms with van der Waals surface area (Å²) >= 11 is 0. The third-order valence-corrected chi connectivity index (χ3v) is 6.04. The lowest BCUT2D eigenvalue weighted by Gasteiger charge is -2.15. The summed E-state index contributed by atoms with van der Waals surface area (Å²) in [6.45, 7) is 0.841. The fraction of sp³-hybridized carbons (Fsp3) is 0.0769. The molecule has 0 atom stereocenters. The topological polar surface area (TPSA) is 133 Å². The molecule has 0 radical (unpaired) electrons. The van der Waals surface area contributed by atoms with Gasteiger partial charge in [-0.15, -0.1) is 0 Å². The van der Waals surface area contributed by atoms with Gasteiger partial charge in [0.05, 0.1) is 34.4 Å². The van der Waals surface area contributed by atoms with Gasteiger partial charge in [0.1, 0.15) is 6.61 Å². The number of H-pyrrole nitrogens is 1. The van der Waals surface area contributed by atoms with Crippen molar-refractivity contribution in [3.8, 4) is 28.4 Å². The number of hydrogen-bond donors (Lipinski definition) is 3. The Balaban J connectivity index is 1.57. The molecule has 3 aromatic heterocycles. The zero-order valence-corrected chi connectivity index (χ0v) is 20.0. The molecule has 13 heteroatoms. The number of carbonyl (C=O) groups is 1. The summed E-state index contributed by atoms with van der Waals surface area (Å²) in [5.74, 6) is -11.6. The number of primary amides is 1. The lowest BCUT2D eigenvalue weighted by molar-refractivity contribution is 0.0996. The van der Waals surface area contributed by atoms with E-state index in [1.54, 1.807) is 12.3 Å². The van der Waals surface area contributed by atoms with Crippen LogP contribution in [0.5, 0.6) is 5.88 Å². The average molecular weight is 540 g/mol. The summed E-state index contributed by atoms with van der Waals surface area (Å²) in [6.07, 6.45) is 1.60. The van der Waals surface area contributed by atoms with Crippen molar-refractivity contribution in [2.45, 2.75) is 13.5 Å². The maximum absolute atomic E-state index is 14.0. The molecule has 3 heterocycles. The molecule has 5 N–H and O–H groups in total. The molecule has 2 aromatic carbocycles. The van der Waals surface area contributed by atoms with E-state index in [9.17, 15) is 26.7 Å². The van der Waals surface area contributed by atoms with Crippen LogP contribution in [-0.2, 0) is 6.61 Å². The first kappa shape index (κ1) is 25.6. The van der Waals surface area contributed by atoms with Crippen molar-refractivity contribution >= 4 is 22.5 Å². The van der Waals surface area contributed by atoms with Gasteiger partial charge in [-0.2, -0.15) is 5.10 Å². The number of carbonyl (C=O) groups excluding carboxylic acids is 1. The Morgan fingerprint density at radius 3 is 2.33 bits per heavy atom. The van der Waals surface area contributed by atoms with Crippen molar-refractivity contribution in [1.29, 1.82) is 0 Å². The van der Waals surface area contributed by atoms with Gasteiger partial charge < -0.3 is 16.2 Å². The van der Waals surface area contributed by atoms with Gasteiger partial charge in [0, 0.05) is 17.0 Å². The van der Waals surface area contributed by atoms with Gasteiger partial charge in [0.15, 0.2) is 29.0 Å². The first-order valence-electron chi connectivity index (χ1n) is 11.2. The summed E-state index contributed by atoms with van der Waals surface area (Å²) in [5, 5.41) is 7.65. The van der Waals surface area contributed by atoms with Crippen LogP contribution in [0, 0.1) is 36.0 Å². The number of benzene rings is 2. The van der Waals surface area contributed by atoms with Crippen molar-refractivity contribution in [2.75, 3.05) is 5.73 Å². The molecule has 0 bridgehead atoms. The number of ether oxygens (including phenoxy) is 1. The van der Waals surface area contributed by atoms with Crippen LogP contribution in [0.4, 0.5) is 27.6 Å². The van der Waals surface area contributed by atoms with Crippen LogP contribution in [0.1, 0.15) is 21.6 Å². The number of nitrogens with zero attached hydrogens (tertiary/aromatic N) is 3. The summed E-state index contributed by atoms with van der Waals surface area (Å²) in [6, 6.07) is 9.52. The van der Waals surface area contributed by atoms with Gasteiger partial charge in [0.2, 0.25) is 11.7 Å². The summed E-state index contributed by atoms with van der Waals surface area (Å²) in [7, 11) is 0. The van der Waals surface area contributed by atoms with Crippen molar-refractivity contribution < 1.29 is 31.5 Å². The predicted molar refractivity (Wildman–Crippen MR) is 131 cm³/mol. The largest absolute Gasteiger partial charge is 0.473 e. The normalized spacial score (nSPS) is 11.2. The van der Waals surface area contributed by atoms with E-state index in [-0.39, 0.29) is 28.6 Å². The molecule has 0 saturated carbocycles. The number of pyridine rings is 2. The second kappa shape index (κ2) is 9.67. The van der Waals surface area contributed by atoms with E-state index >= 15 is 0 Å². The number of hydrogen-bond acceptors (Lipinski definition) is 6. The number of rotatable bonds is 6. The Morgan fingerprint density at radius 2 is 1.64 bits per heavy atom. The van der Waals surface area contributed by atoms with Crippen LogP contribution >= 0.6 is 0 Å². The second-order valence-electron chi connectivity index (χ2n) is 8.47. The smallest absolute Gasteiger partial charge is 0.269 e. The van der Waals surface area contributed by atoms with Gasteiger partial charge >= 0.3 is 0 Å². The number of halogens is 5. The number of aromatic amines is 1. The molecule has 5 rings (SSSR count). The molecule has 0 fully saturated rings. The van der Waals surface area contributed by atoms with E-state index in [1.165, 1.54) is 18.2 Å². The third kappa shape index (κ3) is 4.37. The van der Waals surface area contributed by atoms with E-state index in [2.05, 4.69) is 20.2 Å². The highest BCUT2D eigenvalue weighted by atomic mass is 19.2. The van der Waals surface area contributed by atoms with Crippen LogP contribution in [0.25, 0.3) is 33.4 Å². The molecular formula is C26H17F5N6O2. The quantitative estimate of drug-likeness (QED) is 0.159. The molecule has 1 amide bonds. The Morgan fingerprint density at radius 1 is 0.949 bits per heavy atom. The van der Waals surface area contributed by atoms with Crippen LogP contribution in [0.3, 0.4) is 0 Å². The monoisotopic (exact) mass is 540 g/mol. The SMILES string of the molecule is Cc1ccc2[nH]ncc2c1-c1cc(-c2cccc(OCc3c(F)c(F)c(F)c(F)c3F)n2)nc(C(N)=O)c1N. The molecule has 0 spiro atoms. The zero-order chi connectivity index (χ0) is 28.0. The van der Waals surface area contributed by atoms with Gasteiger partial charge in [-0.3, -0.25) is 9.89 Å². The number of aromatic nitrogens is 4. The maximum atomic E-state index is 14.0. The Labute approximate surface area is 216 Å². The minimum absolute atomic E-state index is 0.0294. The number of nitrogens with two attached hydrogens (primary N) is 2. The van der Waals surface area contributed by atoms with Crippen LogP contribution < -0.4 is 16.2 Å². The summed E-state index contributed by atoms with van der Waals surface area (Å²) < 4.78 is 73.7. The lowest BCUT2D eigenvalue weighted by Crippen LogP contribution is -2.17. The van der Waals surface area contributed by atoms with Crippen molar-refractivity contribution in [3.05, 3.63) is 88.5 Å². The number of aryl methyl sites for hydroxylation is 1. The van der Waals surface area contributed by atoms with E-state index in [0.717, 1.165) is 16.5 Å². The van der Waals surface area contributed by atoms with Crippen molar-refractivity contribution in [2.24, 2.45) is 5.73 Å². The predicted octanol–water partition coefficient (Wildman–Crippen LogP) is 4.95. The fourth-order valence-corrected chi connectivity index (χ4v) is 4.13. The molecule has 8 nitrogen and oxygen atoms in total. The number of nitrogens with one attached hydrogen (secondary N) is 1. The van der Waals surface area contributed by atoms with Crippen LogP contribution in [0.2, 0.25) is 0 Å². The number of nitrogen functional groups attached to an aromatic ring is 1. The molecule has 39 heavy (non-hydrogen) atoms. The average Bonchev–Trinajstić information content (AvgIpc) is 3.40. The van der Waals surface area contributed by atoms with Gasteiger partial charge in [0.25, 0.3) is 5.91 Å². The Hall–Kier alpha value is -5.07. The van der Waals surface area contributed by atoms with Crippen LogP contribution in [0.15, 0.2) is 42.6 Å². The van der Waals surface area contributed by atoms with Gasteiger partial charge in [-0.1, -0.05) is 12.1 Å². The van der Waals surface area contributed by atoms with E-state index < -0.39 is 47.2 Å². The minimum atomic E-state index is -2.27. The molecule has 0 unspecified atom stereocenters. The summed E-state index contributed by atoms with van der Waals surface area (Å²) in [5.41, 5.74) is 13.4. The molecule has 198 valence electrons. The Bertz CT molecular complexity index is 1760. The first-order valence-corrected chi connectivity index (χ1v) is 11.2. The van der Waals surface area contributed by atoms with E-state index in [0.29, 0.717) is 11.1 Å². The highest BCUT2D eigenvalue weighted by Crippen LogP contribution is 2.38. The first-order chi connectivity index (χ1) is 18.6. The molecule has 0 saturated heterocycles. The van der Waals surface area contributed by atoms with Crippen molar-refractivity contribution in [1.82, 2.24) is 20.2 Å². The molecular weight excluding hydrogens is 523 g/mol. The highest BCUT2D eigenvalue weighted by molar-refractivity contribution is 6.05. The van der Waals surface area contributed by atoms with Gasteiger partial charge in [-0.25, -0.2) is 31.9 Å². The summed E-state index contributed by atoms with van der Waals surface area (Å²) in [4.78, 5) is 20.7. The van der Waals surface area contributed by atoms with Gasteiger partial charge in [-0.05, 0) is 36.2 Å². The van der Waals surface area contributed by atoms with E-state index in [1.807, 2.05) is 19.1 Å². The van der Waals surface area contributed by atoms with Crippen molar-refractivity contribution in [3.63, 3.8) is 0 Å². The van der Waals surface area contributed by atoms with Crippen LogP contribution in [-0.4, -0.2) is 26.1 Å². The Kier molecular flexibility index (Phi) is 6.34. The fourth-order valence-electron chi connectivity index (χ4n) is 4.13. The number of anilines is 1. The standard InChI is InChI=1S/C26H17F5N6O2/c1-10-5-6-14-12(8-34-37-14)18(10)11-7-16(36-25(24(11)32)26(33)38)15-3-2-4-17(35-15)39-9-13-19(27)21(29)23(31)22(30)20(13)28/h2-8H,9,32H2,1H3,(H2,33,38)(H,34,37). The molecule has 0 aliphatic rings. The second-order valence-corrected chi connectivity index (χ2v) is 8.47.